The Morgan fingerprint density at radius 3 is 2.57 bits per heavy atom. The summed E-state index contributed by atoms with van der Waals surface area (Å²) in [6.07, 6.45) is 0.779. The maximum atomic E-state index is 13.7. The lowest BCUT2D eigenvalue weighted by Gasteiger charge is -2.38. The molecule has 0 aliphatic carbocycles. The van der Waals surface area contributed by atoms with Crippen LogP contribution in [0.2, 0.25) is 0 Å². The van der Waals surface area contributed by atoms with Gasteiger partial charge >= 0.3 is 6.09 Å². The number of amides is 1. The lowest BCUT2D eigenvalue weighted by Crippen LogP contribution is -2.50. The topological polar surface area (TPSA) is 177 Å². The van der Waals surface area contributed by atoms with E-state index >= 15 is 0 Å². The van der Waals surface area contributed by atoms with Gasteiger partial charge in [0.1, 0.15) is 40.7 Å². The largest absolute Gasteiger partial charge is 0.491 e. The van der Waals surface area contributed by atoms with Gasteiger partial charge in [0, 0.05) is 26.2 Å². The van der Waals surface area contributed by atoms with Crippen LogP contribution >= 0.6 is 0 Å². The van der Waals surface area contributed by atoms with Crippen LogP contribution in [0.15, 0.2) is 46.3 Å². The molecule has 1 aromatic heterocycles. The normalized spacial score (nSPS) is 21.9. The molecule has 1 amide bonds. The lowest BCUT2D eigenvalue weighted by atomic mass is 9.88. The standard InChI is InChI=1S/C32H47N5O10S2/c1-22-18-35(6)28-15-27(17-34-29(28)46-22)49(42,43)36-12-10-32(11-13-36)16-23(20-45-32)37(30(39)47-31(2,3)4)19-24(38)21-44-25-8-7-9-26(14-25)48(40,41)33-5/h7-9,14-15,17,22-24,33,38H,10-13,16,18-21H2,1-6H3/t22-,23-,24+/m1/s1. The number of aliphatic hydroxyl groups is 1. The summed E-state index contributed by atoms with van der Waals surface area (Å²) in [5.41, 5.74) is -0.826. The number of nitrogens with zero attached hydrogens (tertiary/aromatic N) is 4. The number of ether oxygens (including phenoxy) is 4. The summed E-state index contributed by atoms with van der Waals surface area (Å²) in [5, 5.41) is 11.0. The number of aliphatic hydroxyl groups excluding tert-OH is 1. The number of likely N-dealkylation sites (N-methyl/N-ethyl adjacent to an activating group) is 1. The molecule has 0 radical (unpaired) electrons. The van der Waals surface area contributed by atoms with Crippen molar-refractivity contribution in [2.75, 3.05) is 58.4 Å². The third-order valence-electron chi connectivity index (χ3n) is 8.83. The van der Waals surface area contributed by atoms with Crippen molar-refractivity contribution < 1.29 is 45.7 Å². The summed E-state index contributed by atoms with van der Waals surface area (Å²) in [6.45, 7) is 8.08. The van der Waals surface area contributed by atoms with Crippen molar-refractivity contribution in [3.63, 3.8) is 0 Å². The van der Waals surface area contributed by atoms with E-state index in [-0.39, 0.29) is 54.5 Å². The van der Waals surface area contributed by atoms with Crippen molar-refractivity contribution in [1.29, 1.82) is 0 Å². The van der Waals surface area contributed by atoms with Gasteiger partial charge in [-0.25, -0.2) is 31.3 Å². The predicted octanol–water partition coefficient (Wildman–Crippen LogP) is 2.20. The van der Waals surface area contributed by atoms with E-state index in [0.717, 1.165) is 0 Å². The van der Waals surface area contributed by atoms with Gasteiger partial charge < -0.3 is 33.9 Å². The molecule has 5 rings (SSSR count). The van der Waals surface area contributed by atoms with E-state index in [1.165, 1.54) is 40.6 Å². The van der Waals surface area contributed by atoms with Crippen molar-refractivity contribution in [3.05, 3.63) is 36.5 Å². The quantitative estimate of drug-likeness (QED) is 0.366. The minimum Gasteiger partial charge on any atom is -0.491 e. The Morgan fingerprint density at radius 2 is 1.90 bits per heavy atom. The number of benzene rings is 1. The maximum absolute atomic E-state index is 13.7. The van der Waals surface area contributed by atoms with Crippen molar-refractivity contribution in [2.24, 2.45) is 0 Å². The van der Waals surface area contributed by atoms with Crippen LogP contribution in [0, 0.1) is 0 Å². The van der Waals surface area contributed by atoms with Crippen LogP contribution in [0.3, 0.4) is 0 Å². The number of hydrogen-bond donors (Lipinski definition) is 2. The molecule has 3 aliphatic rings. The molecule has 1 spiro atoms. The molecule has 49 heavy (non-hydrogen) atoms. The molecule has 272 valence electrons. The minimum absolute atomic E-state index is 0.0147. The second kappa shape index (κ2) is 14.2. The van der Waals surface area contributed by atoms with Gasteiger partial charge in [-0.1, -0.05) is 6.07 Å². The van der Waals surface area contributed by atoms with Gasteiger partial charge in [-0.05, 0) is 72.2 Å². The van der Waals surface area contributed by atoms with Crippen molar-refractivity contribution in [1.82, 2.24) is 18.9 Å². The number of anilines is 1. The number of fused-ring (bicyclic) bond motifs is 1. The molecule has 3 aliphatic heterocycles. The monoisotopic (exact) mass is 725 g/mol. The molecule has 17 heteroatoms. The first-order valence-electron chi connectivity index (χ1n) is 16.3. The van der Waals surface area contributed by atoms with E-state index in [1.54, 1.807) is 32.9 Å². The third-order valence-corrected chi connectivity index (χ3v) is 12.1. The summed E-state index contributed by atoms with van der Waals surface area (Å²) in [7, 11) is -4.34. The summed E-state index contributed by atoms with van der Waals surface area (Å²) in [4.78, 5) is 21.2. The summed E-state index contributed by atoms with van der Waals surface area (Å²) >= 11 is 0. The van der Waals surface area contributed by atoms with Gasteiger partial charge in [-0.15, -0.1) is 0 Å². The molecular weight excluding hydrogens is 679 g/mol. The van der Waals surface area contributed by atoms with Crippen LogP contribution in [-0.4, -0.2) is 125 Å². The zero-order chi connectivity index (χ0) is 35.8. The number of pyridine rings is 1. The number of carbonyl (C=O) groups is 1. The second-order valence-corrected chi connectivity index (χ2v) is 17.7. The van der Waals surface area contributed by atoms with E-state index in [0.29, 0.717) is 37.4 Å². The number of hydrogen-bond acceptors (Lipinski definition) is 12. The molecule has 0 saturated carbocycles. The highest BCUT2D eigenvalue weighted by Gasteiger charge is 2.48. The van der Waals surface area contributed by atoms with E-state index in [9.17, 15) is 26.7 Å². The molecule has 2 aromatic rings. The highest BCUT2D eigenvalue weighted by molar-refractivity contribution is 7.89. The van der Waals surface area contributed by atoms with Gasteiger partial charge in [0.25, 0.3) is 0 Å². The van der Waals surface area contributed by atoms with Gasteiger partial charge in [0.2, 0.25) is 25.9 Å². The molecule has 15 nitrogen and oxygen atoms in total. The van der Waals surface area contributed by atoms with Crippen LogP contribution < -0.4 is 19.1 Å². The van der Waals surface area contributed by atoms with E-state index in [4.69, 9.17) is 18.9 Å². The molecule has 0 bridgehead atoms. The van der Waals surface area contributed by atoms with E-state index < -0.39 is 49.5 Å². The SMILES string of the molecule is CNS(=O)(=O)c1cccc(OC[C@@H](O)CN(C(=O)OC(C)(C)C)[C@H]2COC3(CCN(S(=O)(=O)c4cnc5c(c4)N(C)C[C@@H](C)O5)CC3)C2)c1. The summed E-state index contributed by atoms with van der Waals surface area (Å²) < 4.78 is 78.8. The zero-order valence-corrected chi connectivity index (χ0v) is 30.4. The second-order valence-electron chi connectivity index (χ2n) is 13.8. The smallest absolute Gasteiger partial charge is 0.410 e. The molecule has 2 N–H and O–H groups in total. The van der Waals surface area contributed by atoms with Gasteiger partial charge in [-0.3, -0.25) is 0 Å². The van der Waals surface area contributed by atoms with Crippen molar-refractivity contribution in [3.8, 4) is 11.6 Å². The zero-order valence-electron chi connectivity index (χ0n) is 28.8. The fourth-order valence-electron chi connectivity index (χ4n) is 6.31. The Labute approximate surface area is 288 Å². The van der Waals surface area contributed by atoms with Gasteiger partial charge in [0.15, 0.2) is 0 Å². The van der Waals surface area contributed by atoms with Crippen LogP contribution in [0.4, 0.5) is 10.5 Å². The molecular formula is C32H47N5O10S2. The van der Waals surface area contributed by atoms with E-state index in [2.05, 4.69) is 9.71 Å². The predicted molar refractivity (Wildman–Crippen MR) is 180 cm³/mol. The Bertz CT molecular complexity index is 1730. The fourth-order valence-corrected chi connectivity index (χ4v) is 8.48. The first kappa shape index (κ1) is 37.0. The molecule has 0 unspecified atom stereocenters. The number of sulfonamides is 2. The summed E-state index contributed by atoms with van der Waals surface area (Å²) in [6, 6.07) is 7.03. The Morgan fingerprint density at radius 1 is 1.18 bits per heavy atom. The van der Waals surface area contributed by atoms with Crippen molar-refractivity contribution in [2.45, 2.75) is 86.2 Å². The van der Waals surface area contributed by atoms with Crippen LogP contribution in [0.1, 0.15) is 47.0 Å². The number of rotatable bonds is 10. The lowest BCUT2D eigenvalue weighted by molar-refractivity contribution is -0.0329. The van der Waals surface area contributed by atoms with Gasteiger partial charge in [0.05, 0.1) is 42.4 Å². The van der Waals surface area contributed by atoms with Crippen LogP contribution in [0.5, 0.6) is 11.6 Å². The first-order valence-corrected chi connectivity index (χ1v) is 19.2. The Balaban J connectivity index is 1.23. The van der Waals surface area contributed by atoms with Crippen molar-refractivity contribution >= 4 is 31.8 Å². The Hall–Kier alpha value is -3.22. The average Bonchev–Trinajstić information content (AvgIpc) is 3.44. The first-order chi connectivity index (χ1) is 22.9. The molecule has 4 heterocycles. The summed E-state index contributed by atoms with van der Waals surface area (Å²) in [5.74, 6) is 0.647. The highest BCUT2D eigenvalue weighted by Crippen LogP contribution is 2.40. The van der Waals surface area contributed by atoms with Crippen LogP contribution in [0.25, 0.3) is 0 Å². The highest BCUT2D eigenvalue weighted by atomic mass is 32.2. The molecule has 2 fully saturated rings. The average molecular weight is 726 g/mol. The van der Waals surface area contributed by atoms with Crippen LogP contribution in [-0.2, 0) is 29.5 Å². The number of nitrogens with one attached hydrogen (secondary N) is 1. The number of carbonyl (C=O) groups excluding carboxylic acids is 1. The molecule has 3 atom stereocenters. The minimum atomic E-state index is -3.84. The van der Waals surface area contributed by atoms with Gasteiger partial charge in [-0.2, -0.15) is 4.31 Å². The number of aromatic nitrogens is 1. The number of piperidine rings is 1. The fraction of sp³-hybridized carbons (Fsp3) is 0.625. The molecule has 2 saturated heterocycles. The Kier molecular flexibility index (Phi) is 10.7. The maximum Gasteiger partial charge on any atom is 0.410 e. The van der Waals surface area contributed by atoms with E-state index in [1.807, 2.05) is 18.9 Å². The third kappa shape index (κ3) is 8.57. The molecule has 1 aromatic carbocycles.